The van der Waals surface area contributed by atoms with Gasteiger partial charge in [-0.05, 0) is 24.7 Å². The van der Waals surface area contributed by atoms with E-state index in [-0.39, 0.29) is 6.04 Å². The van der Waals surface area contributed by atoms with Gasteiger partial charge in [-0.1, -0.05) is 20.3 Å². The summed E-state index contributed by atoms with van der Waals surface area (Å²) in [6.07, 6.45) is 3.99. The second-order valence-corrected chi connectivity index (χ2v) is 4.19. The van der Waals surface area contributed by atoms with Crippen LogP contribution in [0.1, 0.15) is 33.1 Å². The Hall–Kier alpha value is -0.0800. The molecule has 1 rings (SSSR count). The van der Waals surface area contributed by atoms with E-state index in [1.807, 2.05) is 0 Å². The Morgan fingerprint density at radius 3 is 2.50 bits per heavy atom. The molecule has 72 valence electrons. The van der Waals surface area contributed by atoms with Crippen LogP contribution in [0.25, 0.3) is 0 Å². The predicted octanol–water partition coefficient (Wildman–Crippen LogP) is 1.78. The summed E-state index contributed by atoms with van der Waals surface area (Å²) in [7, 11) is 1.77. The van der Waals surface area contributed by atoms with E-state index >= 15 is 0 Å². The molecule has 0 spiro atoms. The highest BCUT2D eigenvalue weighted by atomic mass is 16.5. The molecule has 1 aliphatic rings. The summed E-state index contributed by atoms with van der Waals surface area (Å²) in [5, 5.41) is 0. The fraction of sp³-hybridized carbons (Fsp3) is 1.00. The minimum absolute atomic E-state index is 0.253. The molecule has 0 amide bonds. The monoisotopic (exact) mass is 171 g/mol. The van der Waals surface area contributed by atoms with Gasteiger partial charge in [-0.25, -0.2) is 0 Å². The molecule has 3 atom stereocenters. The first-order valence-corrected chi connectivity index (χ1v) is 4.95. The molecule has 0 radical (unpaired) electrons. The number of methoxy groups -OCH3 is 1. The molecule has 0 heterocycles. The van der Waals surface area contributed by atoms with E-state index in [1.165, 1.54) is 12.8 Å². The number of ether oxygens (including phenoxy) is 1. The SMILES string of the molecule is CO[C@H]1CCC[C@@H](C(C)C)[C@H]1N. The Labute approximate surface area is 75.5 Å². The van der Waals surface area contributed by atoms with Crippen LogP contribution in [-0.2, 0) is 4.74 Å². The van der Waals surface area contributed by atoms with Gasteiger partial charge >= 0.3 is 0 Å². The lowest BCUT2D eigenvalue weighted by atomic mass is 9.77. The Morgan fingerprint density at radius 2 is 2.00 bits per heavy atom. The quantitative estimate of drug-likeness (QED) is 0.687. The third-order valence-electron chi connectivity index (χ3n) is 3.11. The highest BCUT2D eigenvalue weighted by molar-refractivity contribution is 4.87. The van der Waals surface area contributed by atoms with Gasteiger partial charge in [0.25, 0.3) is 0 Å². The summed E-state index contributed by atoms with van der Waals surface area (Å²) in [6, 6.07) is 0.253. The van der Waals surface area contributed by atoms with Crippen molar-refractivity contribution in [3.63, 3.8) is 0 Å². The lowest BCUT2D eigenvalue weighted by molar-refractivity contribution is 0.0208. The van der Waals surface area contributed by atoms with Crippen molar-refractivity contribution in [2.75, 3.05) is 7.11 Å². The molecule has 1 saturated carbocycles. The van der Waals surface area contributed by atoms with Crippen molar-refractivity contribution in [2.24, 2.45) is 17.6 Å². The third kappa shape index (κ3) is 1.99. The lowest BCUT2D eigenvalue weighted by Gasteiger charge is -2.37. The van der Waals surface area contributed by atoms with Crippen LogP contribution >= 0.6 is 0 Å². The van der Waals surface area contributed by atoms with Crippen molar-refractivity contribution in [3.8, 4) is 0 Å². The van der Waals surface area contributed by atoms with Gasteiger partial charge in [-0.3, -0.25) is 0 Å². The summed E-state index contributed by atoms with van der Waals surface area (Å²) in [4.78, 5) is 0. The van der Waals surface area contributed by atoms with Crippen molar-refractivity contribution in [1.82, 2.24) is 0 Å². The maximum atomic E-state index is 6.11. The van der Waals surface area contributed by atoms with Gasteiger partial charge in [0.2, 0.25) is 0 Å². The zero-order valence-corrected chi connectivity index (χ0v) is 8.42. The van der Waals surface area contributed by atoms with Crippen molar-refractivity contribution in [1.29, 1.82) is 0 Å². The van der Waals surface area contributed by atoms with Crippen LogP contribution in [0, 0.1) is 11.8 Å². The van der Waals surface area contributed by atoms with E-state index < -0.39 is 0 Å². The first-order valence-electron chi connectivity index (χ1n) is 4.95. The van der Waals surface area contributed by atoms with Crippen LogP contribution in [0.15, 0.2) is 0 Å². The molecule has 0 saturated heterocycles. The molecule has 0 aromatic carbocycles. The average Bonchev–Trinajstić information content (AvgIpc) is 2.04. The van der Waals surface area contributed by atoms with E-state index in [0.717, 1.165) is 6.42 Å². The van der Waals surface area contributed by atoms with E-state index in [1.54, 1.807) is 7.11 Å². The standard InChI is InChI=1S/C10H21NO/c1-7(2)8-5-4-6-9(12-3)10(8)11/h7-10H,4-6,11H2,1-3H3/t8-,9-,10+/m0/s1. The molecule has 2 N–H and O–H groups in total. The molecule has 0 aromatic heterocycles. The van der Waals surface area contributed by atoms with E-state index in [0.29, 0.717) is 17.9 Å². The van der Waals surface area contributed by atoms with Crippen LogP contribution in [0.3, 0.4) is 0 Å². The fourth-order valence-electron chi connectivity index (χ4n) is 2.27. The molecular weight excluding hydrogens is 150 g/mol. The topological polar surface area (TPSA) is 35.2 Å². The number of hydrogen-bond donors (Lipinski definition) is 1. The van der Waals surface area contributed by atoms with Crippen molar-refractivity contribution >= 4 is 0 Å². The Bertz CT molecular complexity index is 136. The molecule has 1 aliphatic carbocycles. The van der Waals surface area contributed by atoms with E-state index in [9.17, 15) is 0 Å². The Balaban J connectivity index is 2.53. The van der Waals surface area contributed by atoms with Gasteiger partial charge < -0.3 is 10.5 Å². The zero-order valence-electron chi connectivity index (χ0n) is 8.42. The number of nitrogens with two attached hydrogens (primary N) is 1. The summed E-state index contributed by atoms with van der Waals surface area (Å²) >= 11 is 0. The summed E-state index contributed by atoms with van der Waals surface area (Å²) < 4.78 is 5.36. The van der Waals surface area contributed by atoms with Gasteiger partial charge in [0.15, 0.2) is 0 Å². The van der Waals surface area contributed by atoms with Gasteiger partial charge in [0.1, 0.15) is 0 Å². The average molecular weight is 171 g/mol. The highest BCUT2D eigenvalue weighted by Gasteiger charge is 2.31. The number of rotatable bonds is 2. The molecule has 0 aromatic rings. The molecule has 2 heteroatoms. The fourth-order valence-corrected chi connectivity index (χ4v) is 2.27. The first kappa shape index (κ1) is 10.0. The first-order chi connectivity index (χ1) is 5.66. The minimum atomic E-state index is 0.253. The van der Waals surface area contributed by atoms with E-state index in [2.05, 4.69) is 13.8 Å². The smallest absolute Gasteiger partial charge is 0.0724 e. The second-order valence-electron chi connectivity index (χ2n) is 4.19. The molecule has 0 unspecified atom stereocenters. The molecule has 0 bridgehead atoms. The molecule has 2 nitrogen and oxygen atoms in total. The van der Waals surface area contributed by atoms with Gasteiger partial charge in [-0.2, -0.15) is 0 Å². The van der Waals surface area contributed by atoms with Gasteiger partial charge in [-0.15, -0.1) is 0 Å². The van der Waals surface area contributed by atoms with Crippen molar-refractivity contribution < 1.29 is 4.74 Å². The Kier molecular flexibility index (Phi) is 3.53. The molecule has 0 aliphatic heterocycles. The molecule has 12 heavy (non-hydrogen) atoms. The van der Waals surface area contributed by atoms with E-state index in [4.69, 9.17) is 10.5 Å². The Morgan fingerprint density at radius 1 is 1.33 bits per heavy atom. The zero-order chi connectivity index (χ0) is 9.14. The normalized spacial score (nSPS) is 37.2. The molecular formula is C10H21NO. The second kappa shape index (κ2) is 4.24. The van der Waals surface area contributed by atoms with Gasteiger partial charge in [0.05, 0.1) is 6.10 Å². The van der Waals surface area contributed by atoms with Crippen LogP contribution in [0.5, 0.6) is 0 Å². The van der Waals surface area contributed by atoms with Crippen LogP contribution in [0.4, 0.5) is 0 Å². The lowest BCUT2D eigenvalue weighted by Crippen LogP contribution is -2.47. The van der Waals surface area contributed by atoms with Crippen LogP contribution in [-0.4, -0.2) is 19.3 Å². The van der Waals surface area contributed by atoms with Crippen LogP contribution in [0.2, 0.25) is 0 Å². The summed E-state index contributed by atoms with van der Waals surface area (Å²) in [5.41, 5.74) is 6.11. The molecule has 1 fully saturated rings. The van der Waals surface area contributed by atoms with Crippen LogP contribution < -0.4 is 5.73 Å². The minimum Gasteiger partial charge on any atom is -0.380 e. The largest absolute Gasteiger partial charge is 0.380 e. The third-order valence-corrected chi connectivity index (χ3v) is 3.11. The van der Waals surface area contributed by atoms with Crippen molar-refractivity contribution in [2.45, 2.75) is 45.3 Å². The predicted molar refractivity (Wildman–Crippen MR) is 51.0 cm³/mol. The maximum absolute atomic E-state index is 6.11. The van der Waals surface area contributed by atoms with Crippen molar-refractivity contribution in [3.05, 3.63) is 0 Å². The summed E-state index contributed by atoms with van der Waals surface area (Å²) in [5.74, 6) is 1.35. The number of hydrogen-bond acceptors (Lipinski definition) is 2. The summed E-state index contributed by atoms with van der Waals surface area (Å²) in [6.45, 7) is 4.51. The van der Waals surface area contributed by atoms with Gasteiger partial charge in [0, 0.05) is 13.2 Å². The maximum Gasteiger partial charge on any atom is 0.0724 e. The highest BCUT2D eigenvalue weighted by Crippen LogP contribution is 2.30.